The van der Waals surface area contributed by atoms with Crippen LogP contribution in [-0.4, -0.2) is 0 Å². The third kappa shape index (κ3) is 5.27. The van der Waals surface area contributed by atoms with Gasteiger partial charge in [-0.15, -0.1) is 0 Å². The summed E-state index contributed by atoms with van der Waals surface area (Å²) in [5.41, 5.74) is 23.6. The number of hydrogen-bond donors (Lipinski definition) is 4. The second-order valence-corrected chi connectivity index (χ2v) is 10.7. The fourth-order valence-corrected chi connectivity index (χ4v) is 7.40. The molecule has 0 radical (unpaired) electrons. The Morgan fingerprint density at radius 3 is 1.17 bits per heavy atom. The van der Waals surface area contributed by atoms with Crippen molar-refractivity contribution in [2.24, 2.45) is 22.0 Å². The maximum Gasteiger partial charge on any atom is 0.311 e. The molecule has 0 unspecified atom stereocenters. The summed E-state index contributed by atoms with van der Waals surface area (Å²) in [5, 5.41) is 0. The quantitative estimate of drug-likeness (QED) is 0.308. The van der Waals surface area contributed by atoms with Crippen molar-refractivity contribution in [2.75, 3.05) is 8.15 Å². The summed E-state index contributed by atoms with van der Waals surface area (Å²) in [4.78, 5) is 0. The van der Waals surface area contributed by atoms with E-state index in [1.807, 2.05) is 12.1 Å². The van der Waals surface area contributed by atoms with E-state index in [-0.39, 0.29) is 0 Å². The summed E-state index contributed by atoms with van der Waals surface area (Å²) in [6.45, 7) is 0. The molecule has 0 aliphatic rings. The van der Waals surface area contributed by atoms with Gasteiger partial charge in [0.05, 0.1) is 33.3 Å². The summed E-state index contributed by atoms with van der Waals surface area (Å²) in [6.07, 6.45) is 0. The van der Waals surface area contributed by atoms with E-state index in [4.69, 9.17) is 22.0 Å². The first-order valence-corrected chi connectivity index (χ1v) is 12.3. The van der Waals surface area contributed by atoms with E-state index in [0.717, 1.165) is 22.0 Å². The molecule has 0 saturated carbocycles. The molecule has 0 fully saturated rings. The monoisotopic (exact) mass is 404 g/mol. The van der Waals surface area contributed by atoms with Crippen molar-refractivity contribution in [3.8, 4) is 0 Å². The predicted molar refractivity (Wildman–Crippen MR) is 105 cm³/mol. The lowest BCUT2D eigenvalue weighted by Crippen LogP contribution is -2.25. The minimum atomic E-state index is -3.62. The highest BCUT2D eigenvalue weighted by molar-refractivity contribution is 8.79. The highest BCUT2D eigenvalue weighted by Gasteiger charge is 2.29. The molecule has 12 heteroatoms. The van der Waals surface area contributed by atoms with Crippen LogP contribution in [0.2, 0.25) is 0 Å². The molecule has 0 aliphatic heterocycles. The number of rotatable bonds is 7. The second kappa shape index (κ2) is 7.95. The molecule has 0 bridgehead atoms. The van der Waals surface area contributed by atoms with Gasteiger partial charge in [-0.2, -0.15) is 0 Å². The standard InChI is InChI=1S/C12H18N6O2P2S2/c13-21(14,19)17(11-7-3-1-4-8-11)23-24-18(22(15,16)20)12-9-5-2-6-10-12/h1-10H,(H4,13,14,19)(H4,15,16,20). The van der Waals surface area contributed by atoms with E-state index in [2.05, 4.69) is 0 Å². The van der Waals surface area contributed by atoms with Crippen LogP contribution in [0.1, 0.15) is 0 Å². The minimum absolute atomic E-state index is 0.542. The van der Waals surface area contributed by atoms with Gasteiger partial charge in [0.25, 0.3) is 0 Å². The topological polar surface area (TPSA) is 145 Å². The van der Waals surface area contributed by atoms with Crippen LogP contribution in [-0.2, 0) is 9.13 Å². The van der Waals surface area contributed by atoms with Crippen LogP contribution in [0.4, 0.5) is 11.4 Å². The molecule has 2 aromatic carbocycles. The molecule has 0 saturated heterocycles. The molecule has 0 aromatic heterocycles. The summed E-state index contributed by atoms with van der Waals surface area (Å²) >= 11 is 0. The van der Waals surface area contributed by atoms with Crippen LogP contribution in [0, 0.1) is 0 Å². The zero-order valence-corrected chi connectivity index (χ0v) is 15.9. The molecular formula is C12H18N6O2P2S2. The largest absolute Gasteiger partial charge is 0.311 e. The molecular weight excluding hydrogens is 386 g/mol. The van der Waals surface area contributed by atoms with Gasteiger partial charge in [0.1, 0.15) is 0 Å². The Kier molecular flexibility index (Phi) is 6.41. The van der Waals surface area contributed by atoms with Crippen molar-refractivity contribution in [3.05, 3.63) is 60.7 Å². The van der Waals surface area contributed by atoms with Crippen molar-refractivity contribution in [1.82, 2.24) is 0 Å². The van der Waals surface area contributed by atoms with E-state index >= 15 is 0 Å². The molecule has 2 aromatic rings. The van der Waals surface area contributed by atoms with Gasteiger partial charge < -0.3 is 0 Å². The first kappa shape index (κ1) is 19.4. The Balaban J connectivity index is 2.26. The Labute approximate surface area is 148 Å². The van der Waals surface area contributed by atoms with Gasteiger partial charge >= 0.3 is 15.2 Å². The fraction of sp³-hybridized carbons (Fsp3) is 0. The van der Waals surface area contributed by atoms with Gasteiger partial charge in [-0.3, -0.25) is 31.1 Å². The zero-order chi connectivity index (χ0) is 17.8. The summed E-state index contributed by atoms with van der Waals surface area (Å²) in [5.74, 6) is 0. The predicted octanol–water partition coefficient (Wildman–Crippen LogP) is 3.26. The number of nitrogens with zero attached hydrogens (tertiary/aromatic N) is 2. The van der Waals surface area contributed by atoms with E-state index in [9.17, 15) is 9.13 Å². The van der Waals surface area contributed by atoms with Crippen molar-refractivity contribution < 1.29 is 9.13 Å². The molecule has 130 valence electrons. The number of benzene rings is 2. The molecule has 0 amide bonds. The van der Waals surface area contributed by atoms with Gasteiger partial charge in [0, 0.05) is 0 Å². The van der Waals surface area contributed by atoms with Gasteiger partial charge in [-0.25, -0.2) is 8.15 Å². The molecule has 2 rings (SSSR count). The van der Waals surface area contributed by atoms with Crippen LogP contribution in [0.5, 0.6) is 0 Å². The van der Waals surface area contributed by atoms with E-state index in [0.29, 0.717) is 11.4 Å². The lowest BCUT2D eigenvalue weighted by atomic mass is 10.3. The Morgan fingerprint density at radius 1 is 0.625 bits per heavy atom. The first-order valence-electron chi connectivity index (χ1n) is 6.60. The van der Waals surface area contributed by atoms with Crippen LogP contribution < -0.4 is 30.2 Å². The molecule has 24 heavy (non-hydrogen) atoms. The number of hydrogen-bond acceptors (Lipinski definition) is 4. The molecule has 8 N–H and O–H groups in total. The van der Waals surface area contributed by atoms with Crippen molar-refractivity contribution in [1.29, 1.82) is 0 Å². The molecule has 8 nitrogen and oxygen atoms in total. The minimum Gasteiger partial charge on any atom is -0.263 e. The number of nitrogens with two attached hydrogens (primary N) is 4. The fourth-order valence-electron chi connectivity index (χ4n) is 1.73. The molecule has 0 atom stereocenters. The lowest BCUT2D eigenvalue weighted by Gasteiger charge is -2.30. The average Bonchev–Trinajstić information content (AvgIpc) is 2.51. The smallest absolute Gasteiger partial charge is 0.263 e. The summed E-state index contributed by atoms with van der Waals surface area (Å²) in [7, 11) is -5.36. The van der Waals surface area contributed by atoms with Crippen molar-refractivity contribution in [3.63, 3.8) is 0 Å². The number of anilines is 2. The maximum atomic E-state index is 12.2. The SMILES string of the molecule is NP(N)(=O)N(SSN(c1ccccc1)P(N)(N)=O)c1ccccc1. The molecule has 0 heterocycles. The van der Waals surface area contributed by atoms with Gasteiger partial charge in [-0.1, -0.05) is 36.4 Å². The van der Waals surface area contributed by atoms with E-state index in [1.165, 1.54) is 8.15 Å². The third-order valence-corrected chi connectivity index (χ3v) is 8.84. The van der Waals surface area contributed by atoms with Gasteiger partial charge in [0.2, 0.25) is 0 Å². The lowest BCUT2D eigenvalue weighted by molar-refractivity contribution is 0.577. The van der Waals surface area contributed by atoms with Gasteiger partial charge in [-0.05, 0) is 24.3 Å². The number of para-hydroxylation sites is 2. The van der Waals surface area contributed by atoms with Crippen molar-refractivity contribution >= 4 is 48.5 Å². The Bertz CT molecular complexity index is 689. The Morgan fingerprint density at radius 2 is 0.917 bits per heavy atom. The molecule has 0 spiro atoms. The van der Waals surface area contributed by atoms with Crippen molar-refractivity contribution in [2.45, 2.75) is 0 Å². The van der Waals surface area contributed by atoms with Gasteiger partial charge in [0.15, 0.2) is 0 Å². The second-order valence-electron chi connectivity index (χ2n) is 4.71. The summed E-state index contributed by atoms with van der Waals surface area (Å²) < 4.78 is 26.9. The summed E-state index contributed by atoms with van der Waals surface area (Å²) in [6, 6.07) is 17.5. The van der Waals surface area contributed by atoms with Crippen LogP contribution >= 0.6 is 37.1 Å². The van der Waals surface area contributed by atoms with E-state index < -0.39 is 15.2 Å². The zero-order valence-electron chi connectivity index (χ0n) is 12.5. The van der Waals surface area contributed by atoms with Crippen LogP contribution in [0.3, 0.4) is 0 Å². The van der Waals surface area contributed by atoms with E-state index in [1.54, 1.807) is 48.5 Å². The highest BCUT2D eigenvalue weighted by atomic mass is 33.1. The first-order chi connectivity index (χ1) is 11.2. The molecule has 0 aliphatic carbocycles. The highest BCUT2D eigenvalue weighted by Crippen LogP contribution is 2.53. The average molecular weight is 404 g/mol. The van der Waals surface area contributed by atoms with Crippen LogP contribution in [0.15, 0.2) is 60.7 Å². The van der Waals surface area contributed by atoms with Crippen LogP contribution in [0.25, 0.3) is 0 Å². The normalized spacial score (nSPS) is 12.0. The maximum absolute atomic E-state index is 12.2. The Hall–Kier alpha value is -0.960. The third-order valence-electron chi connectivity index (χ3n) is 2.70.